The highest BCUT2D eigenvalue weighted by atomic mass is 16.2. The number of hydrogen-bond acceptors (Lipinski definition) is 3. The van der Waals surface area contributed by atoms with Crippen LogP contribution in [0.25, 0.3) is 10.9 Å². The van der Waals surface area contributed by atoms with Gasteiger partial charge in [0.15, 0.2) is 0 Å². The van der Waals surface area contributed by atoms with Crippen LogP contribution in [-0.4, -0.2) is 34.9 Å². The minimum Gasteiger partial charge on any atom is -0.335 e. The number of fused-ring (bicyclic) bond motifs is 1. The van der Waals surface area contributed by atoms with Gasteiger partial charge in [-0.15, -0.1) is 0 Å². The maximum atomic E-state index is 13.0. The number of carbonyl (C=O) groups excluding carboxylic acids is 1. The number of piperidine rings is 1. The third kappa shape index (κ3) is 3.08. The van der Waals surface area contributed by atoms with E-state index in [2.05, 4.69) is 39.5 Å². The Labute approximate surface area is 136 Å². The lowest BCUT2D eigenvalue weighted by Crippen LogP contribution is -2.43. The molecule has 120 valence electrons. The smallest absolute Gasteiger partial charge is 0.227 e. The average molecular weight is 309 g/mol. The quantitative estimate of drug-likeness (QED) is 0.944. The molecule has 1 aromatic carbocycles. The molecule has 2 fully saturated rings. The van der Waals surface area contributed by atoms with Crippen molar-refractivity contribution in [3.05, 3.63) is 42.1 Å². The van der Waals surface area contributed by atoms with Crippen molar-refractivity contribution in [3.8, 4) is 0 Å². The first kappa shape index (κ1) is 14.6. The van der Waals surface area contributed by atoms with Gasteiger partial charge in [-0.3, -0.25) is 9.78 Å². The number of para-hydroxylation sites is 1. The first-order valence-electron chi connectivity index (χ1n) is 8.67. The SMILES string of the molecule is O=C([C@@H]1CCCNC1)N(Cc1cccc2cccnc12)C1CC1. The molecule has 0 bridgehead atoms. The Morgan fingerprint density at radius 3 is 2.87 bits per heavy atom. The number of aromatic nitrogens is 1. The van der Waals surface area contributed by atoms with Crippen molar-refractivity contribution < 1.29 is 4.79 Å². The van der Waals surface area contributed by atoms with Gasteiger partial charge < -0.3 is 10.2 Å². The van der Waals surface area contributed by atoms with Crippen LogP contribution in [0.4, 0.5) is 0 Å². The Morgan fingerprint density at radius 2 is 2.09 bits per heavy atom. The summed E-state index contributed by atoms with van der Waals surface area (Å²) >= 11 is 0. The van der Waals surface area contributed by atoms with Crippen molar-refractivity contribution >= 4 is 16.8 Å². The van der Waals surface area contributed by atoms with Crippen LogP contribution >= 0.6 is 0 Å². The number of pyridine rings is 1. The molecule has 2 heterocycles. The molecule has 0 radical (unpaired) electrons. The van der Waals surface area contributed by atoms with Crippen molar-refractivity contribution in [2.75, 3.05) is 13.1 Å². The average Bonchev–Trinajstić information content (AvgIpc) is 3.45. The highest BCUT2D eigenvalue weighted by Crippen LogP contribution is 2.31. The van der Waals surface area contributed by atoms with Crippen molar-refractivity contribution in [2.45, 2.75) is 38.3 Å². The standard InChI is InChI=1S/C19H23N3O/c23-19(15-7-2-10-20-12-15)22(17-8-9-17)13-16-5-1-4-14-6-3-11-21-18(14)16/h1,3-6,11,15,17,20H,2,7-10,12-13H2/t15-/m1/s1. The summed E-state index contributed by atoms with van der Waals surface area (Å²) in [5, 5.41) is 4.51. The predicted octanol–water partition coefficient (Wildman–Crippen LogP) is 2.73. The summed E-state index contributed by atoms with van der Waals surface area (Å²) in [6.07, 6.45) is 6.24. The first-order valence-corrected chi connectivity index (χ1v) is 8.67. The molecule has 1 aliphatic heterocycles. The largest absolute Gasteiger partial charge is 0.335 e. The van der Waals surface area contributed by atoms with E-state index in [1.807, 2.05) is 12.3 Å². The fourth-order valence-electron chi connectivity index (χ4n) is 3.55. The van der Waals surface area contributed by atoms with Crippen LogP contribution in [0.5, 0.6) is 0 Å². The van der Waals surface area contributed by atoms with Crippen molar-refractivity contribution in [2.24, 2.45) is 5.92 Å². The van der Waals surface area contributed by atoms with E-state index in [0.29, 0.717) is 18.5 Å². The minimum absolute atomic E-state index is 0.146. The number of nitrogens with zero attached hydrogens (tertiary/aromatic N) is 2. The number of amides is 1. The molecule has 23 heavy (non-hydrogen) atoms. The van der Waals surface area contributed by atoms with E-state index < -0.39 is 0 Å². The summed E-state index contributed by atoms with van der Waals surface area (Å²) in [6, 6.07) is 10.7. The molecule has 1 amide bonds. The Morgan fingerprint density at radius 1 is 1.22 bits per heavy atom. The van der Waals surface area contributed by atoms with Crippen LogP contribution in [0.1, 0.15) is 31.2 Å². The third-order valence-corrected chi connectivity index (χ3v) is 4.97. The van der Waals surface area contributed by atoms with Gasteiger partial charge in [-0.2, -0.15) is 0 Å². The molecule has 1 aromatic heterocycles. The number of hydrogen-bond donors (Lipinski definition) is 1. The van der Waals surface area contributed by atoms with Gasteiger partial charge in [0.1, 0.15) is 0 Å². The zero-order valence-electron chi connectivity index (χ0n) is 13.4. The van der Waals surface area contributed by atoms with Crippen LogP contribution in [-0.2, 0) is 11.3 Å². The van der Waals surface area contributed by atoms with Gasteiger partial charge >= 0.3 is 0 Å². The molecular weight excluding hydrogens is 286 g/mol. The third-order valence-electron chi connectivity index (χ3n) is 4.97. The predicted molar refractivity (Wildman–Crippen MR) is 90.9 cm³/mol. The van der Waals surface area contributed by atoms with Crippen LogP contribution in [0.15, 0.2) is 36.5 Å². The minimum atomic E-state index is 0.146. The summed E-state index contributed by atoms with van der Waals surface area (Å²) in [4.78, 5) is 19.6. The zero-order chi connectivity index (χ0) is 15.6. The second kappa shape index (κ2) is 6.28. The molecule has 1 saturated carbocycles. The Kier molecular flexibility index (Phi) is 4.00. The normalized spacial score (nSPS) is 21.3. The first-order chi connectivity index (χ1) is 11.3. The lowest BCUT2D eigenvalue weighted by molar-refractivity contribution is -0.137. The number of nitrogens with one attached hydrogen (secondary N) is 1. The summed E-state index contributed by atoms with van der Waals surface area (Å²) in [5.74, 6) is 0.472. The van der Waals surface area contributed by atoms with Gasteiger partial charge in [0.25, 0.3) is 0 Å². The highest BCUT2D eigenvalue weighted by Gasteiger charge is 2.36. The van der Waals surface area contributed by atoms with Crippen molar-refractivity contribution in [3.63, 3.8) is 0 Å². The topological polar surface area (TPSA) is 45.2 Å². The molecule has 1 aliphatic carbocycles. The Bertz CT molecular complexity index is 699. The summed E-state index contributed by atoms with van der Waals surface area (Å²) in [6.45, 7) is 2.56. The van der Waals surface area contributed by atoms with Crippen molar-refractivity contribution in [1.29, 1.82) is 0 Å². The van der Waals surface area contributed by atoms with E-state index in [9.17, 15) is 4.79 Å². The van der Waals surface area contributed by atoms with Gasteiger partial charge in [0.05, 0.1) is 11.4 Å². The molecular formula is C19H23N3O. The fourth-order valence-corrected chi connectivity index (χ4v) is 3.55. The van der Waals surface area contributed by atoms with Gasteiger partial charge in [-0.05, 0) is 43.9 Å². The summed E-state index contributed by atoms with van der Waals surface area (Å²) in [7, 11) is 0. The van der Waals surface area contributed by atoms with Crippen LogP contribution < -0.4 is 5.32 Å². The van der Waals surface area contributed by atoms with E-state index in [-0.39, 0.29) is 5.92 Å². The van der Waals surface area contributed by atoms with Gasteiger partial charge in [-0.1, -0.05) is 24.3 Å². The molecule has 0 unspecified atom stereocenters. The molecule has 4 rings (SSSR count). The summed E-state index contributed by atoms with van der Waals surface area (Å²) < 4.78 is 0. The molecule has 0 spiro atoms. The molecule has 1 N–H and O–H groups in total. The second-order valence-corrected chi connectivity index (χ2v) is 6.73. The molecule has 1 atom stereocenters. The van der Waals surface area contributed by atoms with Crippen LogP contribution in [0.3, 0.4) is 0 Å². The van der Waals surface area contributed by atoms with Gasteiger partial charge in [0, 0.05) is 30.7 Å². The van der Waals surface area contributed by atoms with E-state index in [4.69, 9.17) is 0 Å². The van der Waals surface area contributed by atoms with E-state index in [1.54, 1.807) is 0 Å². The van der Waals surface area contributed by atoms with Crippen molar-refractivity contribution in [1.82, 2.24) is 15.2 Å². The van der Waals surface area contributed by atoms with Crippen LogP contribution in [0, 0.1) is 5.92 Å². The van der Waals surface area contributed by atoms with E-state index in [0.717, 1.165) is 55.2 Å². The molecule has 2 aromatic rings. The fraction of sp³-hybridized carbons (Fsp3) is 0.474. The molecule has 4 nitrogen and oxygen atoms in total. The van der Waals surface area contributed by atoms with Crippen LogP contribution in [0.2, 0.25) is 0 Å². The number of benzene rings is 1. The summed E-state index contributed by atoms with van der Waals surface area (Å²) in [5.41, 5.74) is 2.18. The number of carbonyl (C=O) groups is 1. The van der Waals surface area contributed by atoms with E-state index in [1.165, 1.54) is 0 Å². The maximum absolute atomic E-state index is 13.0. The maximum Gasteiger partial charge on any atom is 0.227 e. The van der Waals surface area contributed by atoms with E-state index >= 15 is 0 Å². The number of rotatable bonds is 4. The monoisotopic (exact) mass is 309 g/mol. The molecule has 1 saturated heterocycles. The Balaban J connectivity index is 1.59. The zero-order valence-corrected chi connectivity index (χ0v) is 13.4. The highest BCUT2D eigenvalue weighted by molar-refractivity contribution is 5.83. The molecule has 2 aliphatic rings. The Hall–Kier alpha value is -1.94. The van der Waals surface area contributed by atoms with Gasteiger partial charge in [0.2, 0.25) is 5.91 Å². The van der Waals surface area contributed by atoms with Gasteiger partial charge in [-0.25, -0.2) is 0 Å². The second-order valence-electron chi connectivity index (χ2n) is 6.73. The molecule has 4 heteroatoms. The lowest BCUT2D eigenvalue weighted by atomic mass is 9.97. The lowest BCUT2D eigenvalue weighted by Gasteiger charge is -2.30.